The fourth-order valence-corrected chi connectivity index (χ4v) is 3.31. The van der Waals surface area contributed by atoms with E-state index < -0.39 is 0 Å². The predicted molar refractivity (Wildman–Crippen MR) is 99.1 cm³/mol. The van der Waals surface area contributed by atoms with E-state index in [1.807, 2.05) is 42.7 Å². The lowest BCUT2D eigenvalue weighted by Crippen LogP contribution is -2.41. The molecule has 2 heterocycles. The monoisotopic (exact) mass is 345 g/mol. The van der Waals surface area contributed by atoms with Crippen molar-refractivity contribution in [2.24, 2.45) is 5.92 Å². The Kier molecular flexibility index (Phi) is 6.07. The molecule has 1 aromatic carbocycles. The van der Waals surface area contributed by atoms with Crippen LogP contribution in [0.3, 0.4) is 0 Å². The molecule has 0 bridgehead atoms. The van der Waals surface area contributed by atoms with Gasteiger partial charge < -0.3 is 9.64 Å². The number of anilines is 2. The number of benzene rings is 1. The van der Waals surface area contributed by atoms with Crippen molar-refractivity contribution in [3.63, 3.8) is 0 Å². The molecule has 0 aliphatic carbocycles. The molecule has 128 valence electrons. The van der Waals surface area contributed by atoms with E-state index >= 15 is 0 Å². The molecule has 1 atom stereocenters. The summed E-state index contributed by atoms with van der Waals surface area (Å²) in [4.78, 5) is 8.94. The first-order chi connectivity index (χ1) is 11.7. The molecule has 5 heteroatoms. The van der Waals surface area contributed by atoms with Gasteiger partial charge in [-0.25, -0.2) is 0 Å². The second-order valence-corrected chi connectivity index (χ2v) is 6.75. The minimum atomic E-state index is 0.523. The summed E-state index contributed by atoms with van der Waals surface area (Å²) in [5.74, 6) is 0.523. The summed E-state index contributed by atoms with van der Waals surface area (Å²) in [6.45, 7) is 8.04. The Balaban J connectivity index is 1.74. The maximum Gasteiger partial charge on any atom is 0.0594 e. The minimum Gasteiger partial charge on any atom is -0.379 e. The molecular formula is C19H24ClN3O. The normalized spacial score (nSPS) is 16.8. The quantitative estimate of drug-likeness (QED) is 0.795. The van der Waals surface area contributed by atoms with Gasteiger partial charge in [-0.2, -0.15) is 0 Å². The molecule has 0 radical (unpaired) electrons. The van der Waals surface area contributed by atoms with Gasteiger partial charge in [0.05, 0.1) is 13.2 Å². The van der Waals surface area contributed by atoms with E-state index in [-0.39, 0.29) is 0 Å². The number of ether oxygens (including phenoxy) is 1. The highest BCUT2D eigenvalue weighted by Gasteiger charge is 2.18. The van der Waals surface area contributed by atoms with Crippen molar-refractivity contribution in [2.45, 2.75) is 6.92 Å². The van der Waals surface area contributed by atoms with E-state index in [1.54, 1.807) is 0 Å². The van der Waals surface area contributed by atoms with Crippen molar-refractivity contribution in [3.8, 4) is 0 Å². The Labute approximate surface area is 149 Å². The summed E-state index contributed by atoms with van der Waals surface area (Å²) in [6, 6.07) is 12.1. The van der Waals surface area contributed by atoms with Crippen LogP contribution in [0.15, 0.2) is 48.8 Å². The second-order valence-electron chi connectivity index (χ2n) is 6.31. The SMILES string of the molecule is CC(CN1CCOCC1)CN(c1ccncc1)c1cccc(Cl)c1. The lowest BCUT2D eigenvalue weighted by Gasteiger charge is -2.33. The molecule has 3 rings (SSSR count). The average Bonchev–Trinajstić information content (AvgIpc) is 2.61. The van der Waals surface area contributed by atoms with Crippen LogP contribution < -0.4 is 4.90 Å². The molecule has 24 heavy (non-hydrogen) atoms. The van der Waals surface area contributed by atoms with E-state index in [9.17, 15) is 0 Å². The Morgan fingerprint density at radius 3 is 2.62 bits per heavy atom. The third kappa shape index (κ3) is 4.69. The van der Waals surface area contributed by atoms with Gasteiger partial charge in [0.15, 0.2) is 0 Å². The number of hydrogen-bond donors (Lipinski definition) is 0. The highest BCUT2D eigenvalue weighted by atomic mass is 35.5. The molecule has 1 aliphatic heterocycles. The lowest BCUT2D eigenvalue weighted by atomic mass is 10.1. The Morgan fingerprint density at radius 1 is 1.17 bits per heavy atom. The summed E-state index contributed by atoms with van der Waals surface area (Å²) >= 11 is 6.21. The fourth-order valence-electron chi connectivity index (χ4n) is 3.12. The van der Waals surface area contributed by atoms with Crippen LogP contribution in [0.25, 0.3) is 0 Å². The smallest absolute Gasteiger partial charge is 0.0594 e. The van der Waals surface area contributed by atoms with Crippen LogP contribution in [0.2, 0.25) is 5.02 Å². The van der Waals surface area contributed by atoms with E-state index in [0.717, 1.165) is 55.8 Å². The van der Waals surface area contributed by atoms with Crippen LogP contribution in [0, 0.1) is 5.92 Å². The van der Waals surface area contributed by atoms with Crippen LogP contribution in [0.5, 0.6) is 0 Å². The third-order valence-electron chi connectivity index (χ3n) is 4.26. The average molecular weight is 346 g/mol. The Morgan fingerprint density at radius 2 is 1.92 bits per heavy atom. The van der Waals surface area contributed by atoms with E-state index in [0.29, 0.717) is 5.92 Å². The maximum atomic E-state index is 6.21. The van der Waals surface area contributed by atoms with Crippen molar-refractivity contribution >= 4 is 23.0 Å². The minimum absolute atomic E-state index is 0.523. The summed E-state index contributed by atoms with van der Waals surface area (Å²) in [5.41, 5.74) is 2.25. The number of pyridine rings is 1. The van der Waals surface area contributed by atoms with Crippen LogP contribution in [0.1, 0.15) is 6.92 Å². The molecule has 1 fully saturated rings. The van der Waals surface area contributed by atoms with Gasteiger partial charge in [-0.3, -0.25) is 9.88 Å². The van der Waals surface area contributed by atoms with Crippen molar-refractivity contribution < 1.29 is 4.74 Å². The lowest BCUT2D eigenvalue weighted by molar-refractivity contribution is 0.0323. The molecule has 0 N–H and O–H groups in total. The first-order valence-electron chi connectivity index (χ1n) is 8.45. The number of halogens is 1. The maximum absolute atomic E-state index is 6.21. The fraction of sp³-hybridized carbons (Fsp3) is 0.421. The first-order valence-corrected chi connectivity index (χ1v) is 8.83. The molecule has 1 aliphatic rings. The molecular weight excluding hydrogens is 322 g/mol. The van der Waals surface area contributed by atoms with Gasteiger partial charge >= 0.3 is 0 Å². The third-order valence-corrected chi connectivity index (χ3v) is 4.50. The van der Waals surface area contributed by atoms with Gasteiger partial charge in [0.25, 0.3) is 0 Å². The summed E-state index contributed by atoms with van der Waals surface area (Å²) in [5, 5.41) is 0.757. The van der Waals surface area contributed by atoms with Crippen molar-refractivity contribution in [3.05, 3.63) is 53.8 Å². The van der Waals surface area contributed by atoms with Crippen LogP contribution >= 0.6 is 11.6 Å². The number of morpholine rings is 1. The molecule has 1 unspecified atom stereocenters. The van der Waals surface area contributed by atoms with E-state index in [1.165, 1.54) is 0 Å². The second kappa shape index (κ2) is 8.47. The van der Waals surface area contributed by atoms with Crippen LogP contribution in [-0.4, -0.2) is 49.3 Å². The zero-order valence-electron chi connectivity index (χ0n) is 14.1. The van der Waals surface area contributed by atoms with Crippen molar-refractivity contribution in [2.75, 3.05) is 44.3 Å². The van der Waals surface area contributed by atoms with Crippen molar-refractivity contribution in [1.29, 1.82) is 0 Å². The van der Waals surface area contributed by atoms with Gasteiger partial charge in [0.2, 0.25) is 0 Å². The first kappa shape index (κ1) is 17.2. The summed E-state index contributed by atoms with van der Waals surface area (Å²) in [6.07, 6.45) is 3.67. The molecule has 4 nitrogen and oxygen atoms in total. The summed E-state index contributed by atoms with van der Waals surface area (Å²) < 4.78 is 5.44. The molecule has 1 aromatic heterocycles. The van der Waals surface area contributed by atoms with Gasteiger partial charge in [-0.1, -0.05) is 24.6 Å². The highest BCUT2D eigenvalue weighted by Crippen LogP contribution is 2.28. The molecule has 2 aromatic rings. The van der Waals surface area contributed by atoms with E-state index in [2.05, 4.69) is 27.8 Å². The largest absolute Gasteiger partial charge is 0.379 e. The zero-order chi connectivity index (χ0) is 16.8. The number of rotatable bonds is 6. The van der Waals surface area contributed by atoms with Gasteiger partial charge in [0.1, 0.15) is 0 Å². The Bertz CT molecular complexity index is 632. The topological polar surface area (TPSA) is 28.6 Å². The summed E-state index contributed by atoms with van der Waals surface area (Å²) in [7, 11) is 0. The van der Waals surface area contributed by atoms with Crippen LogP contribution in [-0.2, 0) is 4.74 Å². The standard InChI is InChI=1S/C19H24ClN3O/c1-16(14-22-9-11-24-12-10-22)15-23(18-5-7-21-8-6-18)19-4-2-3-17(20)13-19/h2-8,13,16H,9-12,14-15H2,1H3. The van der Waals surface area contributed by atoms with Gasteiger partial charge in [-0.05, 0) is 36.2 Å². The van der Waals surface area contributed by atoms with Gasteiger partial charge in [0, 0.05) is 55.0 Å². The highest BCUT2D eigenvalue weighted by molar-refractivity contribution is 6.30. The van der Waals surface area contributed by atoms with Gasteiger partial charge in [-0.15, -0.1) is 0 Å². The Hall–Kier alpha value is -1.62. The predicted octanol–water partition coefficient (Wildman–Crippen LogP) is 3.84. The molecule has 1 saturated heterocycles. The molecule has 0 saturated carbocycles. The molecule has 0 amide bonds. The number of aromatic nitrogens is 1. The van der Waals surface area contributed by atoms with Crippen molar-refractivity contribution in [1.82, 2.24) is 9.88 Å². The number of hydrogen-bond acceptors (Lipinski definition) is 4. The van der Waals surface area contributed by atoms with E-state index in [4.69, 9.17) is 16.3 Å². The van der Waals surface area contributed by atoms with Crippen LogP contribution in [0.4, 0.5) is 11.4 Å². The zero-order valence-corrected chi connectivity index (χ0v) is 14.8. The number of nitrogens with zero attached hydrogens (tertiary/aromatic N) is 3. The molecule has 0 spiro atoms.